The molecule has 0 bridgehead atoms. The smallest absolute Gasteiger partial charge is 0.147 e. The average molecular weight is 209 g/mol. The SMILES string of the molecule is CC(=O)C(N)CSCc1ccccc1. The summed E-state index contributed by atoms with van der Waals surface area (Å²) in [6, 6.07) is 9.86. The van der Waals surface area contributed by atoms with Crippen molar-refractivity contribution in [3.8, 4) is 0 Å². The number of thioether (sulfide) groups is 1. The molecule has 3 heteroatoms. The first kappa shape index (κ1) is 11.3. The predicted octanol–water partition coefficient (Wildman–Crippen LogP) is 1.84. The molecule has 0 aliphatic carbocycles. The van der Waals surface area contributed by atoms with Gasteiger partial charge in [0.25, 0.3) is 0 Å². The van der Waals surface area contributed by atoms with Gasteiger partial charge in [-0.15, -0.1) is 0 Å². The van der Waals surface area contributed by atoms with Crippen LogP contribution >= 0.6 is 11.8 Å². The minimum Gasteiger partial charge on any atom is -0.321 e. The molecule has 2 nitrogen and oxygen atoms in total. The van der Waals surface area contributed by atoms with Crippen molar-refractivity contribution in [2.24, 2.45) is 5.73 Å². The fourth-order valence-electron chi connectivity index (χ4n) is 0.995. The Kier molecular flexibility index (Phi) is 4.70. The number of carbonyl (C=O) groups is 1. The summed E-state index contributed by atoms with van der Waals surface area (Å²) in [5.41, 5.74) is 6.88. The van der Waals surface area contributed by atoms with Crippen molar-refractivity contribution in [2.75, 3.05) is 5.75 Å². The topological polar surface area (TPSA) is 43.1 Å². The molecule has 2 N–H and O–H groups in total. The maximum absolute atomic E-state index is 10.8. The number of Topliss-reactive ketones (excluding diaryl/α,β-unsaturated/α-hetero) is 1. The second-order valence-electron chi connectivity index (χ2n) is 3.22. The number of rotatable bonds is 5. The lowest BCUT2D eigenvalue weighted by Gasteiger charge is -2.06. The molecule has 0 fully saturated rings. The molecule has 0 spiro atoms. The van der Waals surface area contributed by atoms with Crippen LogP contribution < -0.4 is 5.73 Å². The molecule has 76 valence electrons. The normalized spacial score (nSPS) is 12.4. The van der Waals surface area contributed by atoms with Crippen molar-refractivity contribution in [3.05, 3.63) is 35.9 Å². The summed E-state index contributed by atoms with van der Waals surface area (Å²) < 4.78 is 0. The van der Waals surface area contributed by atoms with Gasteiger partial charge < -0.3 is 5.73 Å². The predicted molar refractivity (Wildman–Crippen MR) is 61.3 cm³/mol. The Labute approximate surface area is 88.9 Å². The minimum atomic E-state index is -0.316. The quantitative estimate of drug-likeness (QED) is 0.804. The largest absolute Gasteiger partial charge is 0.321 e. The van der Waals surface area contributed by atoms with Crippen LogP contribution in [0.25, 0.3) is 0 Å². The molecule has 1 aromatic carbocycles. The van der Waals surface area contributed by atoms with E-state index in [1.165, 1.54) is 12.5 Å². The van der Waals surface area contributed by atoms with E-state index in [4.69, 9.17) is 5.73 Å². The van der Waals surface area contributed by atoms with Crippen LogP contribution in [0.5, 0.6) is 0 Å². The van der Waals surface area contributed by atoms with E-state index in [9.17, 15) is 4.79 Å². The number of hydrogen-bond acceptors (Lipinski definition) is 3. The van der Waals surface area contributed by atoms with Gasteiger partial charge in [0.15, 0.2) is 0 Å². The lowest BCUT2D eigenvalue weighted by molar-refractivity contribution is -0.117. The first-order valence-electron chi connectivity index (χ1n) is 4.58. The third-order valence-electron chi connectivity index (χ3n) is 1.93. The molecule has 1 aromatic rings. The molecule has 0 radical (unpaired) electrons. The van der Waals surface area contributed by atoms with Gasteiger partial charge in [-0.2, -0.15) is 11.8 Å². The molecule has 0 aliphatic rings. The third-order valence-corrected chi connectivity index (χ3v) is 3.06. The molecule has 1 rings (SSSR count). The summed E-state index contributed by atoms with van der Waals surface area (Å²) in [6.45, 7) is 1.54. The summed E-state index contributed by atoms with van der Waals surface area (Å²) in [5, 5.41) is 0. The second-order valence-corrected chi connectivity index (χ2v) is 4.25. The van der Waals surface area contributed by atoms with Crippen molar-refractivity contribution in [1.29, 1.82) is 0 Å². The summed E-state index contributed by atoms with van der Waals surface area (Å²) >= 11 is 1.70. The molecule has 14 heavy (non-hydrogen) atoms. The highest BCUT2D eigenvalue weighted by Gasteiger charge is 2.07. The number of carbonyl (C=O) groups excluding carboxylic acids is 1. The highest BCUT2D eigenvalue weighted by Crippen LogP contribution is 2.12. The Morgan fingerprint density at radius 3 is 2.64 bits per heavy atom. The van der Waals surface area contributed by atoms with Crippen molar-refractivity contribution in [1.82, 2.24) is 0 Å². The maximum atomic E-state index is 10.8. The number of ketones is 1. The Morgan fingerprint density at radius 2 is 2.07 bits per heavy atom. The summed E-state index contributed by atoms with van der Waals surface area (Å²) in [7, 11) is 0. The Balaban J connectivity index is 2.26. The van der Waals surface area contributed by atoms with E-state index in [1.807, 2.05) is 18.2 Å². The van der Waals surface area contributed by atoms with Gasteiger partial charge in [-0.25, -0.2) is 0 Å². The van der Waals surface area contributed by atoms with Crippen LogP contribution in [0.15, 0.2) is 30.3 Å². The van der Waals surface area contributed by atoms with Crippen LogP contribution in [-0.2, 0) is 10.5 Å². The van der Waals surface area contributed by atoms with E-state index in [-0.39, 0.29) is 11.8 Å². The number of hydrogen-bond donors (Lipinski definition) is 1. The summed E-state index contributed by atoms with van der Waals surface area (Å²) in [6.07, 6.45) is 0. The molecule has 0 saturated heterocycles. The second kappa shape index (κ2) is 5.83. The zero-order valence-electron chi connectivity index (χ0n) is 8.27. The van der Waals surface area contributed by atoms with Gasteiger partial charge in [-0.05, 0) is 12.5 Å². The van der Waals surface area contributed by atoms with Crippen LogP contribution in [-0.4, -0.2) is 17.6 Å². The van der Waals surface area contributed by atoms with Gasteiger partial charge in [-0.1, -0.05) is 30.3 Å². The van der Waals surface area contributed by atoms with E-state index < -0.39 is 0 Å². The van der Waals surface area contributed by atoms with E-state index in [0.717, 1.165) is 5.75 Å². The Morgan fingerprint density at radius 1 is 1.43 bits per heavy atom. The monoisotopic (exact) mass is 209 g/mol. The maximum Gasteiger partial charge on any atom is 0.147 e. The van der Waals surface area contributed by atoms with Gasteiger partial charge in [0.05, 0.1) is 6.04 Å². The number of nitrogens with two attached hydrogens (primary N) is 1. The van der Waals surface area contributed by atoms with E-state index in [2.05, 4.69) is 12.1 Å². The fraction of sp³-hybridized carbons (Fsp3) is 0.364. The average Bonchev–Trinajstić information content (AvgIpc) is 2.19. The van der Waals surface area contributed by atoms with Gasteiger partial charge in [-0.3, -0.25) is 4.79 Å². The lowest BCUT2D eigenvalue weighted by atomic mass is 10.2. The van der Waals surface area contributed by atoms with E-state index in [1.54, 1.807) is 11.8 Å². The van der Waals surface area contributed by atoms with Crippen LogP contribution in [0.4, 0.5) is 0 Å². The van der Waals surface area contributed by atoms with Gasteiger partial charge >= 0.3 is 0 Å². The van der Waals surface area contributed by atoms with Crippen molar-refractivity contribution in [2.45, 2.75) is 18.7 Å². The Hall–Kier alpha value is -0.800. The number of benzene rings is 1. The lowest BCUT2D eigenvalue weighted by Crippen LogP contribution is -2.30. The highest BCUT2D eigenvalue weighted by molar-refractivity contribution is 7.98. The van der Waals surface area contributed by atoms with Gasteiger partial charge in [0.1, 0.15) is 5.78 Å². The van der Waals surface area contributed by atoms with E-state index >= 15 is 0 Å². The molecule has 1 atom stereocenters. The van der Waals surface area contributed by atoms with Crippen LogP contribution in [0.1, 0.15) is 12.5 Å². The fourth-order valence-corrected chi connectivity index (χ4v) is 2.03. The van der Waals surface area contributed by atoms with Crippen molar-refractivity contribution >= 4 is 17.5 Å². The molecule has 1 unspecified atom stereocenters. The molecule has 0 amide bonds. The summed E-state index contributed by atoms with van der Waals surface area (Å²) in [4.78, 5) is 10.8. The van der Waals surface area contributed by atoms with Crippen LogP contribution in [0, 0.1) is 0 Å². The minimum absolute atomic E-state index is 0.0607. The van der Waals surface area contributed by atoms with Gasteiger partial charge in [0.2, 0.25) is 0 Å². The van der Waals surface area contributed by atoms with E-state index in [0.29, 0.717) is 5.75 Å². The summed E-state index contributed by atoms with van der Waals surface area (Å²) in [5.74, 6) is 1.68. The molecule has 0 aliphatic heterocycles. The molecular weight excluding hydrogens is 194 g/mol. The van der Waals surface area contributed by atoms with Crippen molar-refractivity contribution < 1.29 is 4.79 Å². The van der Waals surface area contributed by atoms with Gasteiger partial charge in [0, 0.05) is 11.5 Å². The highest BCUT2D eigenvalue weighted by atomic mass is 32.2. The van der Waals surface area contributed by atoms with Crippen LogP contribution in [0.2, 0.25) is 0 Å². The van der Waals surface area contributed by atoms with Crippen molar-refractivity contribution in [3.63, 3.8) is 0 Å². The molecule has 0 saturated carbocycles. The first-order valence-corrected chi connectivity index (χ1v) is 5.73. The Bertz CT molecular complexity index is 287. The molecule has 0 heterocycles. The molecule has 0 aromatic heterocycles. The zero-order chi connectivity index (χ0) is 10.4. The third kappa shape index (κ3) is 3.94. The van der Waals surface area contributed by atoms with Crippen LogP contribution in [0.3, 0.4) is 0 Å². The zero-order valence-corrected chi connectivity index (χ0v) is 9.09. The standard InChI is InChI=1S/C11H15NOS/c1-9(13)11(12)8-14-7-10-5-3-2-4-6-10/h2-6,11H,7-8,12H2,1H3. The first-order chi connectivity index (χ1) is 6.70. The molecular formula is C11H15NOS.